The van der Waals surface area contributed by atoms with Crippen molar-refractivity contribution in [1.82, 2.24) is 4.90 Å². The largest absolute Gasteiger partial charge is 0.507 e. The summed E-state index contributed by atoms with van der Waals surface area (Å²) in [7, 11) is 0. The van der Waals surface area contributed by atoms with Crippen LogP contribution in [0.1, 0.15) is 35.2 Å². The highest BCUT2D eigenvalue weighted by Crippen LogP contribution is 2.41. The van der Waals surface area contributed by atoms with Crippen molar-refractivity contribution in [3.8, 4) is 11.5 Å². The molecule has 0 aromatic heterocycles. The average molecular weight is 470 g/mol. The van der Waals surface area contributed by atoms with Gasteiger partial charge in [0, 0.05) is 12.1 Å². The Morgan fingerprint density at radius 3 is 2.34 bits per heavy atom. The Balaban J connectivity index is 1.57. The quantitative estimate of drug-likeness (QED) is 0.322. The van der Waals surface area contributed by atoms with Gasteiger partial charge in [0.25, 0.3) is 11.7 Å². The first kappa shape index (κ1) is 22.7. The maximum atomic E-state index is 13.3. The van der Waals surface area contributed by atoms with Gasteiger partial charge in [-0.15, -0.1) is 0 Å². The smallest absolute Gasteiger partial charge is 0.295 e. The average Bonchev–Trinajstić information content (AvgIpc) is 3.16. The molecule has 2 aliphatic rings. The van der Waals surface area contributed by atoms with Crippen molar-refractivity contribution in [3.63, 3.8) is 0 Å². The molecule has 1 atom stereocenters. The lowest BCUT2D eigenvalue weighted by molar-refractivity contribution is -0.139. The fourth-order valence-electron chi connectivity index (χ4n) is 4.63. The molecule has 178 valence electrons. The van der Waals surface area contributed by atoms with Crippen LogP contribution in [0.4, 0.5) is 0 Å². The number of ketones is 1. The number of likely N-dealkylation sites (tertiary alicyclic amines) is 1. The number of aliphatic hydroxyl groups excluding tert-OH is 1. The zero-order valence-corrected chi connectivity index (χ0v) is 19.6. The van der Waals surface area contributed by atoms with Crippen LogP contribution in [-0.4, -0.2) is 41.5 Å². The van der Waals surface area contributed by atoms with Crippen LogP contribution in [0.3, 0.4) is 0 Å². The van der Waals surface area contributed by atoms with Gasteiger partial charge in [0.05, 0.1) is 11.6 Å². The first-order chi connectivity index (χ1) is 17.1. The predicted octanol–water partition coefficient (Wildman–Crippen LogP) is 4.68. The second kappa shape index (κ2) is 9.66. The highest BCUT2D eigenvalue weighted by atomic mass is 16.6. The van der Waals surface area contributed by atoms with E-state index in [0.29, 0.717) is 43.2 Å². The number of Topliss-reactive ketones (excluding diaryl/α,β-unsaturated/α-hetero) is 1. The number of carbonyl (C=O) groups excluding carboxylic acids is 2. The van der Waals surface area contributed by atoms with Gasteiger partial charge in [0.2, 0.25) is 0 Å². The molecule has 35 heavy (non-hydrogen) atoms. The second-order valence-electron chi connectivity index (χ2n) is 8.68. The van der Waals surface area contributed by atoms with E-state index in [1.165, 1.54) is 0 Å². The number of carbonyl (C=O) groups is 2. The fourth-order valence-corrected chi connectivity index (χ4v) is 4.63. The Hall–Kier alpha value is -4.06. The number of hydrogen-bond donors (Lipinski definition) is 1. The van der Waals surface area contributed by atoms with Gasteiger partial charge in [-0.1, -0.05) is 61.5 Å². The first-order valence-electron chi connectivity index (χ1n) is 11.9. The molecule has 0 aliphatic carbocycles. The highest BCUT2D eigenvalue weighted by Gasteiger charge is 2.45. The van der Waals surface area contributed by atoms with Crippen molar-refractivity contribution < 1.29 is 24.2 Å². The number of hydrogen-bond acceptors (Lipinski definition) is 5. The molecule has 1 N–H and O–H groups in total. The summed E-state index contributed by atoms with van der Waals surface area (Å²) in [6.45, 7) is 3.29. The molecule has 2 aliphatic heterocycles. The topological polar surface area (TPSA) is 76.1 Å². The van der Waals surface area contributed by atoms with E-state index in [1.54, 1.807) is 23.1 Å². The van der Waals surface area contributed by atoms with Crippen molar-refractivity contribution in [2.24, 2.45) is 0 Å². The van der Waals surface area contributed by atoms with Gasteiger partial charge in [-0.05, 0) is 47.7 Å². The molecule has 0 spiro atoms. The minimum atomic E-state index is -0.685. The number of amides is 1. The summed E-state index contributed by atoms with van der Waals surface area (Å²) in [4.78, 5) is 28.0. The van der Waals surface area contributed by atoms with E-state index in [4.69, 9.17) is 9.47 Å². The van der Waals surface area contributed by atoms with Crippen molar-refractivity contribution in [2.45, 2.75) is 25.8 Å². The second-order valence-corrected chi connectivity index (χ2v) is 8.68. The van der Waals surface area contributed by atoms with Gasteiger partial charge in [-0.2, -0.15) is 0 Å². The lowest BCUT2D eigenvalue weighted by Gasteiger charge is -2.26. The Labute approximate surface area is 204 Å². The van der Waals surface area contributed by atoms with Crippen LogP contribution < -0.4 is 9.47 Å². The summed E-state index contributed by atoms with van der Waals surface area (Å²) >= 11 is 0. The molecule has 3 aromatic rings. The van der Waals surface area contributed by atoms with E-state index in [0.717, 1.165) is 23.1 Å². The van der Waals surface area contributed by atoms with Gasteiger partial charge in [-0.25, -0.2) is 0 Å². The molecule has 0 bridgehead atoms. The molecule has 6 heteroatoms. The van der Waals surface area contributed by atoms with Gasteiger partial charge < -0.3 is 19.5 Å². The Morgan fingerprint density at radius 1 is 0.914 bits per heavy atom. The van der Waals surface area contributed by atoms with Crippen LogP contribution in [0.2, 0.25) is 0 Å². The zero-order valence-electron chi connectivity index (χ0n) is 19.6. The van der Waals surface area contributed by atoms with Gasteiger partial charge >= 0.3 is 0 Å². The van der Waals surface area contributed by atoms with E-state index in [2.05, 4.69) is 6.92 Å². The number of aryl methyl sites for hydroxylation is 1. The van der Waals surface area contributed by atoms with Gasteiger partial charge in [0.15, 0.2) is 11.5 Å². The van der Waals surface area contributed by atoms with E-state index in [-0.39, 0.29) is 11.3 Å². The molecule has 0 radical (unpaired) electrons. The molecule has 0 saturated carbocycles. The molecule has 1 saturated heterocycles. The van der Waals surface area contributed by atoms with Gasteiger partial charge in [-0.3, -0.25) is 9.59 Å². The third-order valence-electron chi connectivity index (χ3n) is 6.54. The number of ether oxygens (including phenoxy) is 2. The number of nitrogens with zero attached hydrogens (tertiary/aromatic N) is 1. The fraction of sp³-hybridized carbons (Fsp3) is 0.241. The summed E-state index contributed by atoms with van der Waals surface area (Å²) in [5.74, 6) is -0.419. The third kappa shape index (κ3) is 4.39. The minimum Gasteiger partial charge on any atom is -0.507 e. The predicted molar refractivity (Wildman–Crippen MR) is 132 cm³/mol. The van der Waals surface area contributed by atoms with E-state index in [1.807, 2.05) is 54.6 Å². The summed E-state index contributed by atoms with van der Waals surface area (Å²) in [5.41, 5.74) is 3.51. The van der Waals surface area contributed by atoms with Crippen LogP contribution in [0.25, 0.3) is 5.76 Å². The van der Waals surface area contributed by atoms with Crippen LogP contribution in [0.15, 0.2) is 78.4 Å². The lowest BCUT2D eigenvalue weighted by atomic mass is 9.94. The highest BCUT2D eigenvalue weighted by molar-refractivity contribution is 6.46. The summed E-state index contributed by atoms with van der Waals surface area (Å²) in [5, 5.41) is 11.3. The standard InChI is InChI=1S/C29H27NO5/c1-2-19-8-10-21(11-9-19)26-25(27(31)22-12-13-23-24(18-22)35-17-16-34-23)28(32)29(33)30(26)15-14-20-6-4-3-5-7-20/h3-13,18,26,31H,2,14-17H2,1H3/b27-25+. The van der Waals surface area contributed by atoms with E-state index >= 15 is 0 Å². The number of benzene rings is 3. The molecular formula is C29H27NO5. The molecular weight excluding hydrogens is 442 g/mol. The van der Waals surface area contributed by atoms with Crippen LogP contribution in [0.5, 0.6) is 11.5 Å². The molecule has 5 rings (SSSR count). The lowest BCUT2D eigenvalue weighted by Crippen LogP contribution is -2.31. The zero-order chi connectivity index (χ0) is 24.4. The van der Waals surface area contributed by atoms with Crippen molar-refractivity contribution in [3.05, 3.63) is 101 Å². The molecule has 3 aromatic carbocycles. The molecule has 1 unspecified atom stereocenters. The van der Waals surface area contributed by atoms with Crippen LogP contribution in [-0.2, 0) is 22.4 Å². The van der Waals surface area contributed by atoms with Crippen molar-refractivity contribution in [2.75, 3.05) is 19.8 Å². The molecule has 2 heterocycles. The first-order valence-corrected chi connectivity index (χ1v) is 11.9. The maximum absolute atomic E-state index is 13.3. The Morgan fingerprint density at radius 2 is 1.63 bits per heavy atom. The normalized spacial score (nSPS) is 18.7. The monoisotopic (exact) mass is 469 g/mol. The van der Waals surface area contributed by atoms with Crippen molar-refractivity contribution >= 4 is 17.4 Å². The van der Waals surface area contributed by atoms with Crippen LogP contribution >= 0.6 is 0 Å². The summed E-state index contributed by atoms with van der Waals surface area (Å²) in [6, 6.07) is 22.1. The molecule has 1 amide bonds. The molecule has 6 nitrogen and oxygen atoms in total. The van der Waals surface area contributed by atoms with E-state index < -0.39 is 17.7 Å². The van der Waals surface area contributed by atoms with Crippen molar-refractivity contribution in [1.29, 1.82) is 0 Å². The Bertz CT molecular complexity index is 1280. The maximum Gasteiger partial charge on any atom is 0.295 e. The SMILES string of the molecule is CCc1ccc(C2/C(=C(\O)c3ccc4c(c3)OCCO4)C(=O)C(=O)N2CCc2ccccc2)cc1. The van der Waals surface area contributed by atoms with Crippen LogP contribution in [0, 0.1) is 0 Å². The number of aliphatic hydroxyl groups is 1. The minimum absolute atomic E-state index is 0.0870. The Kier molecular flexibility index (Phi) is 6.27. The number of fused-ring (bicyclic) bond motifs is 1. The third-order valence-corrected chi connectivity index (χ3v) is 6.54. The number of rotatable bonds is 6. The molecule has 1 fully saturated rings. The van der Waals surface area contributed by atoms with Gasteiger partial charge in [0.1, 0.15) is 19.0 Å². The summed E-state index contributed by atoms with van der Waals surface area (Å²) < 4.78 is 11.2. The summed E-state index contributed by atoms with van der Waals surface area (Å²) in [6.07, 6.45) is 1.48. The van der Waals surface area contributed by atoms with E-state index in [9.17, 15) is 14.7 Å².